The number of amides is 1. The zero-order valence-electron chi connectivity index (χ0n) is 12.1. The van der Waals surface area contributed by atoms with Crippen LogP contribution in [0.2, 0.25) is 10.0 Å². The largest absolute Gasteiger partial charge is 0.351 e. The molecule has 0 radical (unpaired) electrons. The second-order valence-electron chi connectivity index (χ2n) is 5.80. The maximum atomic E-state index is 12.3. The summed E-state index contributed by atoms with van der Waals surface area (Å²) in [5.74, 6) is -0.120. The van der Waals surface area contributed by atoms with E-state index in [9.17, 15) is 4.79 Å². The van der Waals surface area contributed by atoms with Gasteiger partial charge in [0, 0.05) is 17.0 Å². The first-order valence-corrected chi connectivity index (χ1v) is 8.15. The fourth-order valence-electron chi connectivity index (χ4n) is 2.96. The van der Waals surface area contributed by atoms with Crippen LogP contribution < -0.4 is 5.32 Å². The van der Waals surface area contributed by atoms with Gasteiger partial charge < -0.3 is 5.32 Å². The van der Waals surface area contributed by atoms with E-state index in [4.69, 9.17) is 23.2 Å². The first-order chi connectivity index (χ1) is 10.6. The second kappa shape index (κ2) is 6.31. The molecule has 2 aromatic carbocycles. The predicted molar refractivity (Wildman–Crippen MR) is 90.8 cm³/mol. The molecule has 1 N–H and O–H groups in total. The zero-order valence-corrected chi connectivity index (χ0v) is 13.6. The van der Waals surface area contributed by atoms with Crippen LogP contribution in [0.3, 0.4) is 0 Å². The van der Waals surface area contributed by atoms with Crippen LogP contribution in [0.1, 0.15) is 35.2 Å². The Labute approximate surface area is 140 Å². The Morgan fingerprint density at radius 2 is 1.73 bits per heavy atom. The highest BCUT2D eigenvalue weighted by Crippen LogP contribution is 2.43. The van der Waals surface area contributed by atoms with Crippen LogP contribution in [0, 0.1) is 0 Å². The normalized spacial score (nSPS) is 15.9. The van der Waals surface area contributed by atoms with Gasteiger partial charge in [-0.05, 0) is 42.7 Å². The Hall–Kier alpha value is -1.51. The third kappa shape index (κ3) is 2.99. The van der Waals surface area contributed by atoms with E-state index in [1.165, 1.54) is 12.0 Å². The molecule has 2 nitrogen and oxygen atoms in total. The minimum atomic E-state index is -0.120. The molecule has 0 bridgehead atoms. The number of nitrogens with one attached hydrogen (secondary N) is 1. The number of benzene rings is 2. The van der Waals surface area contributed by atoms with Crippen molar-refractivity contribution in [3.8, 4) is 0 Å². The molecule has 1 saturated carbocycles. The quantitative estimate of drug-likeness (QED) is 0.851. The van der Waals surface area contributed by atoms with Crippen molar-refractivity contribution in [3.63, 3.8) is 0 Å². The van der Waals surface area contributed by atoms with Gasteiger partial charge in [0.2, 0.25) is 0 Å². The van der Waals surface area contributed by atoms with E-state index in [2.05, 4.69) is 17.4 Å². The summed E-state index contributed by atoms with van der Waals surface area (Å²) >= 11 is 12.0. The Morgan fingerprint density at radius 3 is 2.32 bits per heavy atom. The van der Waals surface area contributed by atoms with E-state index in [0.29, 0.717) is 17.1 Å². The lowest BCUT2D eigenvalue weighted by Gasteiger charge is -2.42. The lowest BCUT2D eigenvalue weighted by atomic mass is 9.64. The van der Waals surface area contributed by atoms with Gasteiger partial charge in [-0.1, -0.05) is 53.9 Å². The maximum Gasteiger partial charge on any atom is 0.252 e. The fourth-order valence-corrected chi connectivity index (χ4v) is 3.31. The molecule has 0 spiro atoms. The van der Waals surface area contributed by atoms with E-state index >= 15 is 0 Å². The number of carbonyl (C=O) groups is 1. The zero-order chi connectivity index (χ0) is 15.6. The highest BCUT2D eigenvalue weighted by Gasteiger charge is 2.38. The Bertz CT molecular complexity index is 678. The van der Waals surface area contributed by atoms with Crippen molar-refractivity contribution >= 4 is 29.1 Å². The molecule has 0 unspecified atom stereocenters. The summed E-state index contributed by atoms with van der Waals surface area (Å²) in [5, 5.41) is 4.25. The molecule has 2 aromatic rings. The molecule has 4 heteroatoms. The molecule has 0 heterocycles. The summed E-state index contributed by atoms with van der Waals surface area (Å²) in [6, 6.07) is 15.0. The number of hydrogen-bond acceptors (Lipinski definition) is 1. The van der Waals surface area contributed by atoms with E-state index in [1.807, 2.05) is 24.3 Å². The van der Waals surface area contributed by atoms with Crippen molar-refractivity contribution in [2.45, 2.75) is 24.7 Å². The molecule has 22 heavy (non-hydrogen) atoms. The van der Waals surface area contributed by atoms with E-state index in [-0.39, 0.29) is 11.3 Å². The van der Waals surface area contributed by atoms with Crippen LogP contribution >= 0.6 is 23.2 Å². The minimum absolute atomic E-state index is 0.0293. The highest BCUT2D eigenvalue weighted by molar-refractivity contribution is 6.33. The molecular weight excluding hydrogens is 317 g/mol. The van der Waals surface area contributed by atoms with Crippen molar-refractivity contribution < 1.29 is 4.79 Å². The molecule has 1 fully saturated rings. The van der Waals surface area contributed by atoms with E-state index in [0.717, 1.165) is 17.9 Å². The molecule has 1 amide bonds. The lowest BCUT2D eigenvalue weighted by molar-refractivity contribution is 0.0928. The first-order valence-electron chi connectivity index (χ1n) is 7.40. The van der Waals surface area contributed by atoms with Gasteiger partial charge >= 0.3 is 0 Å². The van der Waals surface area contributed by atoms with Crippen LogP contribution in [-0.2, 0) is 5.41 Å². The summed E-state index contributed by atoms with van der Waals surface area (Å²) in [4.78, 5) is 12.3. The van der Waals surface area contributed by atoms with Gasteiger partial charge in [-0.3, -0.25) is 4.79 Å². The van der Waals surface area contributed by atoms with Crippen molar-refractivity contribution in [2.24, 2.45) is 0 Å². The molecule has 1 aliphatic carbocycles. The number of hydrogen-bond donors (Lipinski definition) is 1. The molecule has 1 aliphatic rings. The third-order valence-electron chi connectivity index (χ3n) is 4.47. The minimum Gasteiger partial charge on any atom is -0.351 e. The smallest absolute Gasteiger partial charge is 0.252 e. The van der Waals surface area contributed by atoms with Gasteiger partial charge in [-0.2, -0.15) is 0 Å². The average molecular weight is 334 g/mol. The van der Waals surface area contributed by atoms with Crippen molar-refractivity contribution in [3.05, 3.63) is 69.7 Å². The fraction of sp³-hybridized carbons (Fsp3) is 0.278. The van der Waals surface area contributed by atoms with Gasteiger partial charge in [-0.25, -0.2) is 0 Å². The van der Waals surface area contributed by atoms with Crippen LogP contribution in [-0.4, -0.2) is 12.5 Å². The molecular formula is C18H17Cl2NO. The summed E-state index contributed by atoms with van der Waals surface area (Å²) < 4.78 is 0. The van der Waals surface area contributed by atoms with Crippen LogP contribution in [0.5, 0.6) is 0 Å². The highest BCUT2D eigenvalue weighted by atomic mass is 35.5. The van der Waals surface area contributed by atoms with Crippen molar-refractivity contribution in [2.75, 3.05) is 6.54 Å². The predicted octanol–water partition coefficient (Wildman–Crippen LogP) is 4.85. The van der Waals surface area contributed by atoms with Gasteiger partial charge in [-0.15, -0.1) is 0 Å². The maximum absolute atomic E-state index is 12.3. The molecule has 3 rings (SSSR count). The van der Waals surface area contributed by atoms with Gasteiger partial charge in [0.15, 0.2) is 0 Å². The van der Waals surface area contributed by atoms with Crippen LogP contribution in [0.15, 0.2) is 48.5 Å². The number of rotatable bonds is 4. The standard InChI is InChI=1S/C18H17Cl2NO/c19-14-8-6-13(7-9-14)18(10-3-11-18)12-21-17(22)15-4-1-2-5-16(15)20/h1-2,4-9H,3,10-12H2,(H,21,22). The summed E-state index contributed by atoms with van der Waals surface area (Å²) in [6.45, 7) is 0.624. The third-order valence-corrected chi connectivity index (χ3v) is 5.05. The van der Waals surface area contributed by atoms with Gasteiger partial charge in [0.1, 0.15) is 0 Å². The number of halogens is 2. The Kier molecular flexibility index (Phi) is 4.42. The van der Waals surface area contributed by atoms with Crippen LogP contribution in [0.25, 0.3) is 0 Å². The average Bonchev–Trinajstić information content (AvgIpc) is 2.48. The monoisotopic (exact) mass is 333 g/mol. The van der Waals surface area contributed by atoms with Crippen LogP contribution in [0.4, 0.5) is 0 Å². The van der Waals surface area contributed by atoms with E-state index in [1.54, 1.807) is 12.1 Å². The lowest BCUT2D eigenvalue weighted by Crippen LogP contribution is -2.45. The number of carbonyl (C=O) groups excluding carboxylic acids is 1. The topological polar surface area (TPSA) is 29.1 Å². The summed E-state index contributed by atoms with van der Waals surface area (Å²) in [5.41, 5.74) is 1.79. The Balaban J connectivity index is 1.73. The first kappa shape index (κ1) is 15.4. The Morgan fingerprint density at radius 1 is 1.05 bits per heavy atom. The molecule has 0 saturated heterocycles. The molecule has 0 aliphatic heterocycles. The van der Waals surface area contributed by atoms with Gasteiger partial charge in [0.05, 0.1) is 10.6 Å². The van der Waals surface area contributed by atoms with Crippen molar-refractivity contribution in [1.29, 1.82) is 0 Å². The van der Waals surface area contributed by atoms with E-state index < -0.39 is 0 Å². The molecule has 0 aromatic heterocycles. The van der Waals surface area contributed by atoms with Crippen molar-refractivity contribution in [1.82, 2.24) is 5.32 Å². The second-order valence-corrected chi connectivity index (χ2v) is 6.65. The summed E-state index contributed by atoms with van der Waals surface area (Å²) in [6.07, 6.45) is 3.35. The summed E-state index contributed by atoms with van der Waals surface area (Å²) in [7, 11) is 0. The molecule has 0 atom stereocenters. The SMILES string of the molecule is O=C(NCC1(c2ccc(Cl)cc2)CCC1)c1ccccc1Cl. The molecule has 114 valence electrons. The van der Waals surface area contributed by atoms with Gasteiger partial charge in [0.25, 0.3) is 5.91 Å².